The fourth-order valence-corrected chi connectivity index (χ4v) is 6.12. The van der Waals surface area contributed by atoms with Gasteiger partial charge in [0.2, 0.25) is 0 Å². The van der Waals surface area contributed by atoms with Crippen LogP contribution in [-0.2, 0) is 0 Å². The lowest BCUT2D eigenvalue weighted by atomic mass is 9.66. The Labute approximate surface area is 145 Å². The van der Waals surface area contributed by atoms with E-state index in [9.17, 15) is 0 Å². The van der Waals surface area contributed by atoms with E-state index in [2.05, 4.69) is 13.0 Å². The van der Waals surface area contributed by atoms with Crippen LogP contribution < -0.4 is 0 Å². The third kappa shape index (κ3) is 4.43. The van der Waals surface area contributed by atoms with E-state index in [0.717, 1.165) is 11.8 Å². The second-order valence-corrected chi connectivity index (χ2v) is 9.07. The fourth-order valence-electron chi connectivity index (χ4n) is 6.12. The van der Waals surface area contributed by atoms with Gasteiger partial charge in [-0.05, 0) is 68.6 Å². The molecule has 0 saturated heterocycles. The van der Waals surface area contributed by atoms with Crippen LogP contribution in [0, 0.1) is 17.3 Å². The summed E-state index contributed by atoms with van der Waals surface area (Å²) in [6.45, 7) is 2.52. The summed E-state index contributed by atoms with van der Waals surface area (Å²) in [6.07, 6.45) is 28.0. The van der Waals surface area contributed by atoms with Crippen LogP contribution in [0.5, 0.6) is 0 Å². The van der Waals surface area contributed by atoms with E-state index in [0.29, 0.717) is 5.41 Å². The molecule has 0 radical (unpaired) electrons. The molecule has 0 heteroatoms. The van der Waals surface area contributed by atoms with Gasteiger partial charge in [-0.15, -0.1) is 0 Å². The Kier molecular flexibility index (Phi) is 6.66. The van der Waals surface area contributed by atoms with Crippen molar-refractivity contribution in [3.05, 3.63) is 11.6 Å². The summed E-state index contributed by atoms with van der Waals surface area (Å²) in [6, 6.07) is 0. The van der Waals surface area contributed by atoms with Gasteiger partial charge in [-0.1, -0.05) is 76.4 Å². The van der Waals surface area contributed by atoms with Gasteiger partial charge >= 0.3 is 0 Å². The monoisotopic (exact) mass is 316 g/mol. The summed E-state index contributed by atoms with van der Waals surface area (Å²) < 4.78 is 0. The first-order valence-electron chi connectivity index (χ1n) is 11.0. The maximum Gasteiger partial charge on any atom is -0.00598 e. The molecule has 2 saturated carbocycles. The molecule has 0 aliphatic heterocycles. The summed E-state index contributed by atoms with van der Waals surface area (Å²) in [7, 11) is 0. The van der Waals surface area contributed by atoms with Crippen LogP contribution in [-0.4, -0.2) is 0 Å². The molecule has 0 amide bonds. The molecule has 0 N–H and O–H groups in total. The maximum absolute atomic E-state index is 2.76. The highest BCUT2D eigenvalue weighted by atomic mass is 14.5. The quantitative estimate of drug-likeness (QED) is 0.432. The molecule has 132 valence electrons. The molecule has 23 heavy (non-hydrogen) atoms. The molecule has 0 spiro atoms. The predicted molar refractivity (Wildman–Crippen MR) is 102 cm³/mol. The number of hydrogen-bond acceptors (Lipinski definition) is 0. The molecular formula is C23H40. The van der Waals surface area contributed by atoms with Crippen LogP contribution in [0.1, 0.15) is 116 Å². The molecular weight excluding hydrogens is 276 g/mol. The van der Waals surface area contributed by atoms with Crippen molar-refractivity contribution in [1.29, 1.82) is 0 Å². The summed E-state index contributed by atoms with van der Waals surface area (Å²) in [5.41, 5.74) is 2.59. The second kappa shape index (κ2) is 8.72. The van der Waals surface area contributed by atoms with E-state index < -0.39 is 0 Å². The lowest BCUT2D eigenvalue weighted by Gasteiger charge is -2.38. The Morgan fingerprint density at radius 2 is 1.43 bits per heavy atom. The first-order valence-corrected chi connectivity index (χ1v) is 11.0. The predicted octanol–water partition coefficient (Wildman–Crippen LogP) is 7.82. The molecule has 0 aromatic heterocycles. The zero-order chi connectivity index (χ0) is 16.0. The topological polar surface area (TPSA) is 0 Å². The summed E-state index contributed by atoms with van der Waals surface area (Å²) >= 11 is 0. The Balaban J connectivity index is 1.75. The normalized spacial score (nSPS) is 37.9. The average Bonchev–Trinajstić information content (AvgIpc) is 2.84. The Bertz CT molecular complexity index is 379. The molecule has 3 atom stereocenters. The van der Waals surface area contributed by atoms with Crippen molar-refractivity contribution in [1.82, 2.24) is 0 Å². The standard InChI is InChI=1S/C23H40/c1-20-13-11-17-23(18-12-16-22(23)19-20)21-14-9-7-5-3-2-4-6-8-10-15-21/h14,20,22H,2-13,15-19H2,1H3. The minimum absolute atomic E-state index is 0.648. The van der Waals surface area contributed by atoms with Crippen molar-refractivity contribution in [3.63, 3.8) is 0 Å². The van der Waals surface area contributed by atoms with Crippen LogP contribution in [0.15, 0.2) is 11.6 Å². The van der Waals surface area contributed by atoms with Crippen LogP contribution >= 0.6 is 0 Å². The van der Waals surface area contributed by atoms with Crippen molar-refractivity contribution in [3.8, 4) is 0 Å². The van der Waals surface area contributed by atoms with Gasteiger partial charge in [-0.3, -0.25) is 0 Å². The molecule has 3 aliphatic rings. The molecule has 0 heterocycles. The van der Waals surface area contributed by atoms with Crippen molar-refractivity contribution >= 4 is 0 Å². The second-order valence-electron chi connectivity index (χ2n) is 9.07. The van der Waals surface area contributed by atoms with Gasteiger partial charge in [-0.25, -0.2) is 0 Å². The highest BCUT2D eigenvalue weighted by Crippen LogP contribution is 2.57. The van der Waals surface area contributed by atoms with Gasteiger partial charge in [0.15, 0.2) is 0 Å². The molecule has 2 fully saturated rings. The van der Waals surface area contributed by atoms with Crippen molar-refractivity contribution in [2.45, 2.75) is 116 Å². The minimum atomic E-state index is 0.648. The van der Waals surface area contributed by atoms with Crippen LogP contribution in [0.2, 0.25) is 0 Å². The van der Waals surface area contributed by atoms with Crippen molar-refractivity contribution < 1.29 is 0 Å². The van der Waals surface area contributed by atoms with Gasteiger partial charge in [0.1, 0.15) is 0 Å². The van der Waals surface area contributed by atoms with Gasteiger partial charge < -0.3 is 0 Å². The summed E-state index contributed by atoms with van der Waals surface area (Å²) in [5.74, 6) is 2.01. The average molecular weight is 317 g/mol. The Morgan fingerprint density at radius 1 is 0.783 bits per heavy atom. The third-order valence-electron chi connectivity index (χ3n) is 7.39. The van der Waals surface area contributed by atoms with Crippen molar-refractivity contribution in [2.75, 3.05) is 0 Å². The highest BCUT2D eigenvalue weighted by molar-refractivity contribution is 5.20. The van der Waals surface area contributed by atoms with Crippen molar-refractivity contribution in [2.24, 2.45) is 17.3 Å². The SMILES string of the molecule is CC1CCCC2(C3=CCCCCCCCCCC3)CCCC2C1. The molecule has 0 aromatic carbocycles. The first-order chi connectivity index (χ1) is 11.3. The van der Waals surface area contributed by atoms with Gasteiger partial charge in [0.25, 0.3) is 0 Å². The maximum atomic E-state index is 2.76. The highest BCUT2D eigenvalue weighted by Gasteiger charge is 2.45. The van der Waals surface area contributed by atoms with Gasteiger partial charge in [0, 0.05) is 0 Å². The van der Waals surface area contributed by atoms with E-state index in [1.807, 2.05) is 5.57 Å². The molecule has 0 nitrogen and oxygen atoms in total. The van der Waals surface area contributed by atoms with E-state index in [-0.39, 0.29) is 0 Å². The molecule has 3 rings (SSSR count). The number of rotatable bonds is 1. The summed E-state index contributed by atoms with van der Waals surface area (Å²) in [5, 5.41) is 0. The third-order valence-corrected chi connectivity index (χ3v) is 7.39. The summed E-state index contributed by atoms with van der Waals surface area (Å²) in [4.78, 5) is 0. The van der Waals surface area contributed by atoms with E-state index in [1.165, 1.54) is 109 Å². The van der Waals surface area contributed by atoms with Crippen LogP contribution in [0.25, 0.3) is 0 Å². The lowest BCUT2D eigenvalue weighted by Crippen LogP contribution is -2.28. The minimum Gasteiger partial charge on any atom is -0.0848 e. The van der Waals surface area contributed by atoms with Crippen LogP contribution in [0.4, 0.5) is 0 Å². The zero-order valence-electron chi connectivity index (χ0n) is 15.8. The van der Waals surface area contributed by atoms with E-state index in [1.54, 1.807) is 0 Å². The van der Waals surface area contributed by atoms with E-state index in [4.69, 9.17) is 0 Å². The lowest BCUT2D eigenvalue weighted by molar-refractivity contribution is 0.219. The Hall–Kier alpha value is -0.260. The Morgan fingerprint density at radius 3 is 2.22 bits per heavy atom. The van der Waals surface area contributed by atoms with Gasteiger partial charge in [0.05, 0.1) is 0 Å². The number of hydrogen-bond donors (Lipinski definition) is 0. The number of fused-ring (bicyclic) bond motifs is 1. The molecule has 0 bridgehead atoms. The molecule has 0 aromatic rings. The number of allylic oxidation sites excluding steroid dienone is 2. The van der Waals surface area contributed by atoms with E-state index >= 15 is 0 Å². The van der Waals surface area contributed by atoms with Gasteiger partial charge in [-0.2, -0.15) is 0 Å². The zero-order valence-corrected chi connectivity index (χ0v) is 15.8. The smallest absolute Gasteiger partial charge is 0.00598 e. The largest absolute Gasteiger partial charge is 0.0848 e. The van der Waals surface area contributed by atoms with Crippen LogP contribution in [0.3, 0.4) is 0 Å². The fraction of sp³-hybridized carbons (Fsp3) is 0.913. The molecule has 3 aliphatic carbocycles. The first kappa shape index (κ1) is 17.6. The molecule has 3 unspecified atom stereocenters.